The number of carbonyl (C=O) groups excluding carboxylic acids is 2. The van der Waals surface area contributed by atoms with Crippen LogP contribution < -0.4 is 15.4 Å². The summed E-state index contributed by atoms with van der Waals surface area (Å²) < 4.78 is 18.5. The Morgan fingerprint density at radius 3 is 2.70 bits per heavy atom. The second-order valence-electron chi connectivity index (χ2n) is 6.97. The van der Waals surface area contributed by atoms with Crippen molar-refractivity contribution in [2.24, 2.45) is 0 Å². The maximum absolute atomic E-state index is 13.3. The third-order valence-electron chi connectivity index (χ3n) is 4.15. The van der Waals surface area contributed by atoms with E-state index in [0.29, 0.717) is 5.69 Å². The number of amides is 2. The number of pyridine rings is 1. The van der Waals surface area contributed by atoms with E-state index in [1.54, 1.807) is 12.1 Å². The van der Waals surface area contributed by atoms with Crippen LogP contribution in [0.1, 0.15) is 42.4 Å². The SMILES string of the molecule is CC(C)c1cccc(C(=O)NCCC(O)CNC(=O)COc2ccc(Cl)c(F)c2)n1. The Labute approximate surface area is 179 Å². The van der Waals surface area contributed by atoms with Gasteiger partial charge in [-0.15, -0.1) is 0 Å². The lowest BCUT2D eigenvalue weighted by Gasteiger charge is -2.13. The Kier molecular flexibility index (Phi) is 9.01. The van der Waals surface area contributed by atoms with Gasteiger partial charge in [-0.3, -0.25) is 9.59 Å². The van der Waals surface area contributed by atoms with Gasteiger partial charge in [0.15, 0.2) is 6.61 Å². The molecule has 0 saturated carbocycles. The molecule has 1 heterocycles. The van der Waals surface area contributed by atoms with Crippen LogP contribution in [-0.2, 0) is 4.79 Å². The van der Waals surface area contributed by atoms with E-state index in [-0.39, 0.29) is 48.7 Å². The molecule has 7 nitrogen and oxygen atoms in total. The van der Waals surface area contributed by atoms with Gasteiger partial charge >= 0.3 is 0 Å². The zero-order valence-corrected chi connectivity index (χ0v) is 17.6. The van der Waals surface area contributed by atoms with Crippen molar-refractivity contribution < 1.29 is 23.8 Å². The number of aliphatic hydroxyl groups excluding tert-OH is 1. The first-order chi connectivity index (χ1) is 14.3. The Balaban J connectivity index is 1.66. The minimum atomic E-state index is -0.850. The summed E-state index contributed by atoms with van der Waals surface area (Å²) in [6, 6.07) is 9.13. The predicted molar refractivity (Wildman–Crippen MR) is 111 cm³/mol. The molecule has 30 heavy (non-hydrogen) atoms. The molecule has 0 aliphatic carbocycles. The van der Waals surface area contributed by atoms with Gasteiger partial charge in [0.05, 0.1) is 11.1 Å². The second-order valence-corrected chi connectivity index (χ2v) is 7.38. The second kappa shape index (κ2) is 11.5. The van der Waals surface area contributed by atoms with Crippen LogP contribution in [0.2, 0.25) is 5.02 Å². The fourth-order valence-electron chi connectivity index (χ4n) is 2.44. The van der Waals surface area contributed by atoms with E-state index in [0.717, 1.165) is 11.8 Å². The first-order valence-corrected chi connectivity index (χ1v) is 9.91. The van der Waals surface area contributed by atoms with Crippen LogP contribution in [0.5, 0.6) is 5.75 Å². The van der Waals surface area contributed by atoms with Crippen molar-refractivity contribution in [1.29, 1.82) is 0 Å². The number of aromatic nitrogens is 1. The molecule has 0 fully saturated rings. The van der Waals surface area contributed by atoms with Crippen LogP contribution in [0.25, 0.3) is 0 Å². The predicted octanol–water partition coefficient (Wildman–Crippen LogP) is 2.67. The average molecular weight is 438 g/mol. The van der Waals surface area contributed by atoms with Crippen LogP contribution >= 0.6 is 11.6 Å². The molecule has 0 saturated heterocycles. The summed E-state index contributed by atoms with van der Waals surface area (Å²) in [6.07, 6.45) is -0.601. The van der Waals surface area contributed by atoms with Gasteiger partial charge in [-0.1, -0.05) is 31.5 Å². The average Bonchev–Trinajstić information content (AvgIpc) is 2.73. The maximum Gasteiger partial charge on any atom is 0.269 e. The molecular weight excluding hydrogens is 413 g/mol. The Hall–Kier alpha value is -2.71. The van der Waals surface area contributed by atoms with Crippen molar-refractivity contribution in [2.75, 3.05) is 19.7 Å². The summed E-state index contributed by atoms with van der Waals surface area (Å²) in [4.78, 5) is 28.2. The highest BCUT2D eigenvalue weighted by atomic mass is 35.5. The van der Waals surface area contributed by atoms with Gasteiger partial charge in [-0.25, -0.2) is 9.37 Å². The summed E-state index contributed by atoms with van der Waals surface area (Å²) in [5, 5.41) is 15.1. The van der Waals surface area contributed by atoms with Crippen molar-refractivity contribution in [3.63, 3.8) is 0 Å². The van der Waals surface area contributed by atoms with Gasteiger partial charge in [-0.2, -0.15) is 0 Å². The van der Waals surface area contributed by atoms with Crippen LogP contribution in [-0.4, -0.2) is 47.7 Å². The lowest BCUT2D eigenvalue weighted by molar-refractivity contribution is -0.123. The highest BCUT2D eigenvalue weighted by Gasteiger charge is 2.12. The lowest BCUT2D eigenvalue weighted by atomic mass is 10.1. The van der Waals surface area contributed by atoms with Crippen molar-refractivity contribution in [1.82, 2.24) is 15.6 Å². The fourth-order valence-corrected chi connectivity index (χ4v) is 2.56. The molecule has 3 N–H and O–H groups in total. The molecule has 0 aliphatic rings. The van der Waals surface area contributed by atoms with Gasteiger partial charge < -0.3 is 20.5 Å². The fraction of sp³-hybridized carbons (Fsp3) is 0.381. The number of benzene rings is 1. The molecule has 1 aromatic carbocycles. The van der Waals surface area contributed by atoms with E-state index in [1.807, 2.05) is 19.9 Å². The summed E-state index contributed by atoms with van der Waals surface area (Å²) in [5.74, 6) is -1.05. The number of halogens is 2. The van der Waals surface area contributed by atoms with Gasteiger partial charge in [0.2, 0.25) is 0 Å². The third-order valence-corrected chi connectivity index (χ3v) is 4.46. The molecule has 2 aromatic rings. The number of ether oxygens (including phenoxy) is 1. The van der Waals surface area contributed by atoms with Crippen molar-refractivity contribution in [2.45, 2.75) is 32.3 Å². The number of aliphatic hydroxyl groups is 1. The van der Waals surface area contributed by atoms with E-state index < -0.39 is 17.8 Å². The molecule has 2 amide bonds. The van der Waals surface area contributed by atoms with E-state index >= 15 is 0 Å². The molecule has 162 valence electrons. The maximum atomic E-state index is 13.3. The first kappa shape index (κ1) is 23.6. The summed E-state index contributed by atoms with van der Waals surface area (Å²) in [6.45, 7) is 3.88. The number of carbonyl (C=O) groups is 2. The zero-order valence-electron chi connectivity index (χ0n) is 16.8. The number of hydrogen-bond acceptors (Lipinski definition) is 5. The molecular formula is C21H25ClFN3O4. The lowest BCUT2D eigenvalue weighted by Crippen LogP contribution is -2.37. The minimum Gasteiger partial charge on any atom is -0.484 e. The Morgan fingerprint density at radius 2 is 2.00 bits per heavy atom. The number of rotatable bonds is 10. The van der Waals surface area contributed by atoms with Crippen molar-refractivity contribution >= 4 is 23.4 Å². The highest BCUT2D eigenvalue weighted by molar-refractivity contribution is 6.30. The van der Waals surface area contributed by atoms with Crippen molar-refractivity contribution in [3.05, 3.63) is 58.6 Å². The van der Waals surface area contributed by atoms with E-state index in [1.165, 1.54) is 12.1 Å². The number of nitrogens with zero attached hydrogens (tertiary/aromatic N) is 1. The molecule has 1 aromatic heterocycles. The molecule has 9 heteroatoms. The molecule has 0 spiro atoms. The zero-order chi connectivity index (χ0) is 22.1. The minimum absolute atomic E-state index is 0.00583. The quantitative estimate of drug-likeness (QED) is 0.530. The normalized spacial score (nSPS) is 11.8. The van der Waals surface area contributed by atoms with Gasteiger partial charge in [0.25, 0.3) is 11.8 Å². The Morgan fingerprint density at radius 1 is 1.23 bits per heavy atom. The topological polar surface area (TPSA) is 101 Å². The molecule has 0 radical (unpaired) electrons. The van der Waals surface area contributed by atoms with Crippen molar-refractivity contribution in [3.8, 4) is 5.75 Å². The highest BCUT2D eigenvalue weighted by Crippen LogP contribution is 2.20. The summed E-state index contributed by atoms with van der Waals surface area (Å²) >= 11 is 5.58. The van der Waals surface area contributed by atoms with Gasteiger partial charge in [0.1, 0.15) is 17.3 Å². The van der Waals surface area contributed by atoms with E-state index in [4.69, 9.17) is 16.3 Å². The first-order valence-electron chi connectivity index (χ1n) is 9.54. The standard InChI is InChI=1S/C21H25ClFN3O4/c1-13(2)18-4-3-5-19(26-18)21(29)24-9-8-14(27)11-25-20(28)12-30-15-6-7-16(22)17(23)10-15/h3-7,10,13-14,27H,8-9,11-12H2,1-2H3,(H,24,29)(H,25,28). The molecule has 1 atom stereocenters. The van der Waals surface area contributed by atoms with Gasteiger partial charge in [0, 0.05) is 24.8 Å². The number of nitrogens with one attached hydrogen (secondary N) is 2. The summed E-state index contributed by atoms with van der Waals surface area (Å²) in [7, 11) is 0. The van der Waals surface area contributed by atoms with Crippen LogP contribution in [0.4, 0.5) is 4.39 Å². The molecule has 1 unspecified atom stereocenters. The molecule has 0 bridgehead atoms. The Bertz CT molecular complexity index is 879. The van der Waals surface area contributed by atoms with Gasteiger partial charge in [-0.05, 0) is 36.6 Å². The number of hydrogen-bond donors (Lipinski definition) is 3. The van der Waals surface area contributed by atoms with Crippen LogP contribution in [0, 0.1) is 5.82 Å². The third kappa shape index (κ3) is 7.61. The largest absolute Gasteiger partial charge is 0.484 e. The van der Waals surface area contributed by atoms with Crippen LogP contribution in [0.3, 0.4) is 0 Å². The molecule has 0 aliphatic heterocycles. The van der Waals surface area contributed by atoms with E-state index in [9.17, 15) is 19.1 Å². The monoisotopic (exact) mass is 437 g/mol. The van der Waals surface area contributed by atoms with Crippen LogP contribution in [0.15, 0.2) is 36.4 Å². The van der Waals surface area contributed by atoms with E-state index in [2.05, 4.69) is 15.6 Å². The summed E-state index contributed by atoms with van der Waals surface area (Å²) in [5.41, 5.74) is 1.15. The molecule has 2 rings (SSSR count). The smallest absolute Gasteiger partial charge is 0.269 e.